The number of amides is 1. The van der Waals surface area contributed by atoms with Crippen LogP contribution in [-0.4, -0.2) is 38.7 Å². The summed E-state index contributed by atoms with van der Waals surface area (Å²) in [7, 11) is 1.57. The molecule has 2 aromatic carbocycles. The lowest BCUT2D eigenvalue weighted by atomic mass is 10.0. The maximum absolute atomic E-state index is 12.3. The lowest BCUT2D eigenvalue weighted by Gasteiger charge is -2.13. The molecule has 3 rings (SSSR count). The summed E-state index contributed by atoms with van der Waals surface area (Å²) in [6, 6.07) is 13.6. The Morgan fingerprint density at radius 1 is 1.09 bits per heavy atom. The van der Waals surface area contributed by atoms with Gasteiger partial charge in [0.25, 0.3) is 5.91 Å². The summed E-state index contributed by atoms with van der Waals surface area (Å²) in [5.74, 6) is -0.0357. The summed E-state index contributed by atoms with van der Waals surface area (Å²) < 4.78 is 21.1. The Hall–Kier alpha value is -3.65. The van der Waals surface area contributed by atoms with Gasteiger partial charge in [-0.1, -0.05) is 32.0 Å². The van der Waals surface area contributed by atoms with Crippen LogP contribution in [0.15, 0.2) is 57.7 Å². The van der Waals surface area contributed by atoms with Gasteiger partial charge in [-0.3, -0.25) is 4.79 Å². The average molecular weight is 453 g/mol. The van der Waals surface area contributed by atoms with E-state index in [1.807, 2.05) is 32.0 Å². The lowest BCUT2D eigenvalue weighted by Crippen LogP contribution is -2.29. The van der Waals surface area contributed by atoms with E-state index in [0.29, 0.717) is 30.7 Å². The van der Waals surface area contributed by atoms with E-state index < -0.39 is 17.5 Å². The molecule has 1 aromatic heterocycles. The average Bonchev–Trinajstić information content (AvgIpc) is 2.80. The van der Waals surface area contributed by atoms with Crippen molar-refractivity contribution in [3.63, 3.8) is 0 Å². The fourth-order valence-corrected chi connectivity index (χ4v) is 3.21. The Bertz CT molecular complexity index is 1180. The molecule has 8 heteroatoms. The van der Waals surface area contributed by atoms with E-state index in [1.165, 1.54) is 12.1 Å². The van der Waals surface area contributed by atoms with Gasteiger partial charge in [0.1, 0.15) is 22.6 Å². The molecular formula is C25H27NO7. The minimum absolute atomic E-state index is 0.0955. The first-order valence-corrected chi connectivity index (χ1v) is 10.7. The van der Waals surface area contributed by atoms with Gasteiger partial charge in [0.05, 0.1) is 0 Å². The zero-order valence-corrected chi connectivity index (χ0v) is 18.9. The molecule has 0 radical (unpaired) electrons. The zero-order chi connectivity index (χ0) is 23.8. The summed E-state index contributed by atoms with van der Waals surface area (Å²) in [5, 5.41) is 3.18. The third-order valence-corrected chi connectivity index (χ3v) is 4.88. The van der Waals surface area contributed by atoms with Crippen molar-refractivity contribution in [2.75, 3.05) is 26.9 Å². The van der Waals surface area contributed by atoms with Crippen LogP contribution in [-0.2, 0) is 9.53 Å². The van der Waals surface area contributed by atoms with Crippen LogP contribution in [0.4, 0.5) is 0 Å². The van der Waals surface area contributed by atoms with Crippen LogP contribution in [0.5, 0.6) is 11.5 Å². The standard InChI is InChI=1S/C25H27NO7/c1-16(2)19-7-4-5-8-21(19)31-15-23(27)32-18-10-9-17-13-20(25(29)33-22(17)14-18)24(28)26-11-6-12-30-3/h4-5,7-10,13-14,16H,6,11-12,15H2,1-3H3,(H,26,28). The maximum atomic E-state index is 12.3. The van der Waals surface area contributed by atoms with Gasteiger partial charge >= 0.3 is 11.6 Å². The predicted octanol–water partition coefficient (Wildman–Crippen LogP) is 3.67. The number of carbonyl (C=O) groups is 2. The highest BCUT2D eigenvalue weighted by Gasteiger charge is 2.15. The Labute approximate surface area is 191 Å². The number of carbonyl (C=O) groups excluding carboxylic acids is 2. The van der Waals surface area contributed by atoms with Crippen molar-refractivity contribution in [1.82, 2.24) is 5.32 Å². The SMILES string of the molecule is COCCCNC(=O)c1cc2ccc(OC(=O)COc3ccccc3C(C)C)cc2oc1=O. The van der Waals surface area contributed by atoms with Crippen molar-refractivity contribution in [2.24, 2.45) is 0 Å². The third kappa shape index (κ3) is 6.43. The molecule has 0 spiro atoms. The number of esters is 1. The number of methoxy groups -OCH3 is 1. The van der Waals surface area contributed by atoms with E-state index in [2.05, 4.69) is 5.32 Å². The molecule has 33 heavy (non-hydrogen) atoms. The van der Waals surface area contributed by atoms with E-state index in [1.54, 1.807) is 25.3 Å². The van der Waals surface area contributed by atoms with Crippen molar-refractivity contribution in [3.05, 3.63) is 70.1 Å². The quantitative estimate of drug-likeness (QED) is 0.216. The lowest BCUT2D eigenvalue weighted by molar-refractivity contribution is -0.136. The first-order chi connectivity index (χ1) is 15.9. The summed E-state index contributed by atoms with van der Waals surface area (Å²) >= 11 is 0. The van der Waals surface area contributed by atoms with Crippen LogP contribution in [0.3, 0.4) is 0 Å². The molecule has 0 saturated carbocycles. The number of hydrogen-bond donors (Lipinski definition) is 1. The van der Waals surface area contributed by atoms with Crippen LogP contribution in [0.1, 0.15) is 42.1 Å². The van der Waals surface area contributed by atoms with Gasteiger partial charge in [-0.05, 0) is 42.2 Å². The van der Waals surface area contributed by atoms with Gasteiger partial charge in [0.15, 0.2) is 6.61 Å². The smallest absolute Gasteiger partial charge is 0.349 e. The first-order valence-electron chi connectivity index (χ1n) is 10.7. The van der Waals surface area contributed by atoms with E-state index in [4.69, 9.17) is 18.6 Å². The molecule has 174 valence electrons. The van der Waals surface area contributed by atoms with Gasteiger partial charge in [-0.15, -0.1) is 0 Å². The number of hydrogen-bond acceptors (Lipinski definition) is 7. The zero-order valence-electron chi connectivity index (χ0n) is 18.9. The topological polar surface area (TPSA) is 104 Å². The second-order valence-electron chi connectivity index (χ2n) is 7.70. The number of fused-ring (bicyclic) bond motifs is 1. The predicted molar refractivity (Wildman–Crippen MR) is 123 cm³/mol. The van der Waals surface area contributed by atoms with Gasteiger partial charge in [0.2, 0.25) is 0 Å². The van der Waals surface area contributed by atoms with Crippen LogP contribution in [0, 0.1) is 0 Å². The molecule has 8 nitrogen and oxygen atoms in total. The molecule has 0 unspecified atom stereocenters. The number of para-hydroxylation sites is 1. The molecular weight excluding hydrogens is 426 g/mol. The van der Waals surface area contributed by atoms with Gasteiger partial charge < -0.3 is 23.9 Å². The number of nitrogens with one attached hydrogen (secondary N) is 1. The minimum Gasteiger partial charge on any atom is -0.482 e. The first kappa shape index (κ1) is 24.0. The Kier molecular flexibility index (Phi) is 8.21. The summed E-state index contributed by atoms with van der Waals surface area (Å²) in [6.07, 6.45) is 0.628. The molecule has 0 aliphatic rings. The van der Waals surface area contributed by atoms with Crippen molar-refractivity contribution in [3.8, 4) is 11.5 Å². The Balaban J connectivity index is 1.65. The summed E-state index contributed by atoms with van der Waals surface area (Å²) in [4.78, 5) is 36.8. The fourth-order valence-electron chi connectivity index (χ4n) is 3.21. The van der Waals surface area contributed by atoms with Crippen LogP contribution >= 0.6 is 0 Å². The molecule has 0 aliphatic heterocycles. The molecule has 3 aromatic rings. The molecule has 0 atom stereocenters. The highest BCUT2D eigenvalue weighted by Crippen LogP contribution is 2.26. The van der Waals surface area contributed by atoms with E-state index in [9.17, 15) is 14.4 Å². The molecule has 0 aliphatic carbocycles. The molecule has 1 N–H and O–H groups in total. The molecule has 1 heterocycles. The highest BCUT2D eigenvalue weighted by atomic mass is 16.6. The number of benzene rings is 2. The second kappa shape index (κ2) is 11.3. The molecule has 0 fully saturated rings. The number of ether oxygens (including phenoxy) is 3. The third-order valence-electron chi connectivity index (χ3n) is 4.88. The minimum atomic E-state index is -0.774. The van der Waals surface area contributed by atoms with Gasteiger partial charge in [-0.25, -0.2) is 9.59 Å². The maximum Gasteiger partial charge on any atom is 0.349 e. The highest BCUT2D eigenvalue weighted by molar-refractivity contribution is 5.96. The van der Waals surface area contributed by atoms with Crippen molar-refractivity contribution in [2.45, 2.75) is 26.2 Å². The summed E-state index contributed by atoms with van der Waals surface area (Å²) in [5.41, 5.74) is 0.328. The van der Waals surface area contributed by atoms with Crippen molar-refractivity contribution in [1.29, 1.82) is 0 Å². The van der Waals surface area contributed by atoms with Gasteiger partial charge in [0, 0.05) is 31.7 Å². The second-order valence-corrected chi connectivity index (χ2v) is 7.70. The van der Waals surface area contributed by atoms with Gasteiger partial charge in [-0.2, -0.15) is 0 Å². The Morgan fingerprint density at radius 2 is 1.88 bits per heavy atom. The van der Waals surface area contributed by atoms with Crippen molar-refractivity contribution < 1.29 is 28.2 Å². The Morgan fingerprint density at radius 3 is 2.64 bits per heavy atom. The molecule has 1 amide bonds. The molecule has 0 saturated heterocycles. The fraction of sp³-hybridized carbons (Fsp3) is 0.320. The summed E-state index contributed by atoms with van der Waals surface area (Å²) in [6.45, 7) is 4.69. The number of rotatable bonds is 10. The van der Waals surface area contributed by atoms with Crippen LogP contribution in [0.2, 0.25) is 0 Å². The normalized spacial score (nSPS) is 10.9. The van der Waals surface area contributed by atoms with E-state index in [-0.39, 0.29) is 29.4 Å². The van der Waals surface area contributed by atoms with Crippen molar-refractivity contribution >= 4 is 22.8 Å². The van der Waals surface area contributed by atoms with Crippen LogP contribution < -0.4 is 20.4 Å². The molecule has 0 bridgehead atoms. The largest absolute Gasteiger partial charge is 0.482 e. The van der Waals surface area contributed by atoms with E-state index >= 15 is 0 Å². The van der Waals surface area contributed by atoms with Crippen LogP contribution in [0.25, 0.3) is 11.0 Å². The van der Waals surface area contributed by atoms with E-state index in [0.717, 1.165) is 5.56 Å². The monoisotopic (exact) mass is 453 g/mol.